The molecule has 3 nitrogen and oxygen atoms in total. The Balaban J connectivity index is 0.000000673. The minimum absolute atomic E-state index is 0.0198. The van der Waals surface area contributed by atoms with E-state index in [1.807, 2.05) is 30.3 Å². The Hall–Kier alpha value is -1.35. The first-order valence-electron chi connectivity index (χ1n) is 5.69. The van der Waals surface area contributed by atoms with Gasteiger partial charge in [0.15, 0.2) is 0 Å². The van der Waals surface area contributed by atoms with E-state index in [-0.39, 0.29) is 5.91 Å². The Morgan fingerprint density at radius 3 is 2.25 bits per heavy atom. The van der Waals surface area contributed by atoms with Gasteiger partial charge < -0.3 is 10.6 Å². The second kappa shape index (κ2) is 10.2. The second-order valence-electron chi connectivity index (χ2n) is 3.50. The van der Waals surface area contributed by atoms with Crippen LogP contribution < -0.4 is 10.6 Å². The third-order valence-corrected chi connectivity index (χ3v) is 1.67. The number of carbonyl (C=O) groups is 1. The number of nitrogens with one attached hydrogen (secondary N) is 2. The van der Waals surface area contributed by atoms with Gasteiger partial charge in [-0.15, -0.1) is 0 Å². The van der Waals surface area contributed by atoms with Crippen LogP contribution in [-0.4, -0.2) is 19.5 Å². The van der Waals surface area contributed by atoms with E-state index in [1.54, 1.807) is 7.05 Å². The summed E-state index contributed by atoms with van der Waals surface area (Å²) >= 11 is 0. The Bertz CT molecular complexity index is 273. The molecule has 0 unspecified atom stereocenters. The summed E-state index contributed by atoms with van der Waals surface area (Å²) < 4.78 is 0. The standard InChI is InChI=1S/C10H14N2O.C3H8/c1-11-8-10(13)12-7-9-5-3-2-4-6-9;1-3-2/h2-6,11H,7-8H2,1H3,(H,12,13);3H2,1-2H3. The maximum absolute atomic E-state index is 11.0. The summed E-state index contributed by atoms with van der Waals surface area (Å²) in [7, 11) is 1.75. The Labute approximate surface area is 98.3 Å². The molecule has 0 spiro atoms. The van der Waals surface area contributed by atoms with E-state index in [1.165, 1.54) is 6.42 Å². The molecule has 0 saturated heterocycles. The zero-order valence-electron chi connectivity index (χ0n) is 10.4. The third kappa shape index (κ3) is 8.00. The lowest BCUT2D eigenvalue weighted by atomic mass is 10.2. The van der Waals surface area contributed by atoms with Crippen LogP contribution in [0.4, 0.5) is 0 Å². The van der Waals surface area contributed by atoms with Gasteiger partial charge in [-0.3, -0.25) is 4.79 Å². The first-order chi connectivity index (χ1) is 7.74. The van der Waals surface area contributed by atoms with Crippen molar-refractivity contribution in [3.8, 4) is 0 Å². The molecule has 3 heteroatoms. The lowest BCUT2D eigenvalue weighted by molar-refractivity contribution is -0.120. The highest BCUT2D eigenvalue weighted by molar-refractivity contribution is 5.77. The highest BCUT2D eigenvalue weighted by Gasteiger charge is 1.97. The topological polar surface area (TPSA) is 41.1 Å². The first kappa shape index (κ1) is 14.6. The van der Waals surface area contributed by atoms with E-state index in [0.29, 0.717) is 13.1 Å². The van der Waals surface area contributed by atoms with E-state index in [4.69, 9.17) is 0 Å². The predicted octanol–water partition coefficient (Wildman–Crippen LogP) is 1.94. The van der Waals surface area contributed by atoms with Crippen molar-refractivity contribution in [2.45, 2.75) is 26.8 Å². The fourth-order valence-electron chi connectivity index (χ4n) is 1.02. The van der Waals surface area contributed by atoms with Crippen LogP contribution in [0, 0.1) is 0 Å². The second-order valence-corrected chi connectivity index (χ2v) is 3.50. The van der Waals surface area contributed by atoms with E-state index < -0.39 is 0 Å². The molecule has 0 aliphatic rings. The molecule has 0 fully saturated rings. The van der Waals surface area contributed by atoms with Gasteiger partial charge in [0.1, 0.15) is 0 Å². The zero-order valence-corrected chi connectivity index (χ0v) is 10.4. The molecular formula is C13H22N2O. The molecule has 2 N–H and O–H groups in total. The smallest absolute Gasteiger partial charge is 0.234 e. The van der Waals surface area contributed by atoms with Crippen LogP contribution in [0.5, 0.6) is 0 Å². The maximum Gasteiger partial charge on any atom is 0.234 e. The molecule has 16 heavy (non-hydrogen) atoms. The van der Waals surface area contributed by atoms with Crippen LogP contribution in [0.3, 0.4) is 0 Å². The van der Waals surface area contributed by atoms with Gasteiger partial charge in [-0.2, -0.15) is 0 Å². The van der Waals surface area contributed by atoms with Crippen LogP contribution >= 0.6 is 0 Å². The van der Waals surface area contributed by atoms with Crippen LogP contribution in [0.15, 0.2) is 30.3 Å². The van der Waals surface area contributed by atoms with Crippen LogP contribution in [0.1, 0.15) is 25.8 Å². The van der Waals surface area contributed by atoms with Crippen molar-refractivity contribution in [1.82, 2.24) is 10.6 Å². The average molecular weight is 222 g/mol. The van der Waals surface area contributed by atoms with Gasteiger partial charge in [0.2, 0.25) is 5.91 Å². The highest BCUT2D eigenvalue weighted by Crippen LogP contribution is 1.96. The van der Waals surface area contributed by atoms with E-state index in [9.17, 15) is 4.79 Å². The Morgan fingerprint density at radius 2 is 1.75 bits per heavy atom. The molecule has 90 valence electrons. The number of rotatable bonds is 4. The van der Waals surface area contributed by atoms with Crippen molar-refractivity contribution in [2.24, 2.45) is 0 Å². The van der Waals surface area contributed by atoms with Crippen molar-refractivity contribution < 1.29 is 4.79 Å². The summed E-state index contributed by atoms with van der Waals surface area (Å²) in [5.74, 6) is 0.0198. The molecule has 0 atom stereocenters. The Kier molecular flexibility index (Phi) is 9.32. The van der Waals surface area contributed by atoms with Crippen molar-refractivity contribution >= 4 is 5.91 Å². The van der Waals surface area contributed by atoms with E-state index in [2.05, 4.69) is 24.5 Å². The molecule has 1 rings (SSSR count). The van der Waals surface area contributed by atoms with E-state index >= 15 is 0 Å². The molecule has 0 aliphatic heterocycles. The predicted molar refractivity (Wildman–Crippen MR) is 68.2 cm³/mol. The first-order valence-corrected chi connectivity index (χ1v) is 5.69. The highest BCUT2D eigenvalue weighted by atomic mass is 16.1. The van der Waals surface area contributed by atoms with Gasteiger partial charge in [0.05, 0.1) is 6.54 Å². The number of amides is 1. The van der Waals surface area contributed by atoms with Crippen LogP contribution in [0.25, 0.3) is 0 Å². The molecule has 1 aromatic carbocycles. The number of carbonyl (C=O) groups excluding carboxylic acids is 1. The summed E-state index contributed by atoms with van der Waals surface area (Å²) in [6.07, 6.45) is 1.25. The fourth-order valence-corrected chi connectivity index (χ4v) is 1.02. The summed E-state index contributed by atoms with van der Waals surface area (Å²) in [6, 6.07) is 9.84. The largest absolute Gasteiger partial charge is 0.351 e. The molecule has 0 aromatic heterocycles. The van der Waals surface area contributed by atoms with Gasteiger partial charge in [-0.25, -0.2) is 0 Å². The number of likely N-dealkylation sites (N-methyl/N-ethyl adjacent to an activating group) is 1. The van der Waals surface area contributed by atoms with Gasteiger partial charge in [0.25, 0.3) is 0 Å². The summed E-state index contributed by atoms with van der Waals surface area (Å²) in [5, 5.41) is 5.59. The van der Waals surface area contributed by atoms with Crippen molar-refractivity contribution in [2.75, 3.05) is 13.6 Å². The quantitative estimate of drug-likeness (QED) is 0.817. The number of hydrogen-bond donors (Lipinski definition) is 2. The fraction of sp³-hybridized carbons (Fsp3) is 0.462. The monoisotopic (exact) mass is 222 g/mol. The van der Waals surface area contributed by atoms with Crippen molar-refractivity contribution in [3.05, 3.63) is 35.9 Å². The molecule has 0 aliphatic carbocycles. The number of hydrogen-bond acceptors (Lipinski definition) is 2. The molecule has 0 heterocycles. The average Bonchev–Trinajstić information content (AvgIpc) is 2.29. The summed E-state index contributed by atoms with van der Waals surface area (Å²) in [6.45, 7) is 5.22. The van der Waals surface area contributed by atoms with Crippen molar-refractivity contribution in [1.29, 1.82) is 0 Å². The van der Waals surface area contributed by atoms with Crippen LogP contribution in [-0.2, 0) is 11.3 Å². The summed E-state index contributed by atoms with van der Waals surface area (Å²) in [5.41, 5.74) is 1.12. The third-order valence-electron chi connectivity index (χ3n) is 1.67. The van der Waals surface area contributed by atoms with Gasteiger partial charge in [0, 0.05) is 6.54 Å². The normalized spacial score (nSPS) is 8.94. The molecule has 0 radical (unpaired) electrons. The Morgan fingerprint density at radius 1 is 1.19 bits per heavy atom. The lowest BCUT2D eigenvalue weighted by Gasteiger charge is -2.03. The SMILES string of the molecule is CCC.CNCC(=O)NCc1ccccc1. The molecule has 0 saturated carbocycles. The molecular weight excluding hydrogens is 200 g/mol. The van der Waals surface area contributed by atoms with Crippen molar-refractivity contribution in [3.63, 3.8) is 0 Å². The maximum atomic E-state index is 11.0. The van der Waals surface area contributed by atoms with Gasteiger partial charge >= 0.3 is 0 Å². The summed E-state index contributed by atoms with van der Waals surface area (Å²) in [4.78, 5) is 11.0. The van der Waals surface area contributed by atoms with Crippen LogP contribution in [0.2, 0.25) is 0 Å². The minimum atomic E-state index is 0.0198. The lowest BCUT2D eigenvalue weighted by Crippen LogP contribution is -2.31. The minimum Gasteiger partial charge on any atom is -0.351 e. The molecule has 0 bridgehead atoms. The van der Waals surface area contributed by atoms with Gasteiger partial charge in [-0.1, -0.05) is 50.6 Å². The molecule has 1 aromatic rings. The molecule has 1 amide bonds. The van der Waals surface area contributed by atoms with E-state index in [0.717, 1.165) is 5.56 Å². The van der Waals surface area contributed by atoms with Gasteiger partial charge in [-0.05, 0) is 12.6 Å². The number of benzene rings is 1. The zero-order chi connectivity index (χ0) is 12.2.